The number of nitrogens with two attached hydrogens (primary N) is 1. The van der Waals surface area contributed by atoms with Gasteiger partial charge in [0.2, 0.25) is 0 Å². The Labute approximate surface area is 55.7 Å². The van der Waals surface area contributed by atoms with E-state index >= 15 is 0 Å². The van der Waals surface area contributed by atoms with Crippen molar-refractivity contribution in [1.29, 1.82) is 0 Å². The highest BCUT2D eigenvalue weighted by atomic mass is 16.1. The lowest BCUT2D eigenvalue weighted by molar-refractivity contribution is -0.117. The molecular weight excluding hydrogens is 114 g/mol. The predicted octanol–water partition coefficient (Wildman–Crippen LogP) is 0.871. The first-order valence-corrected chi connectivity index (χ1v) is 3.09. The lowest BCUT2D eigenvalue weighted by Gasteiger charge is -1.96. The summed E-state index contributed by atoms with van der Waals surface area (Å²) in [6.45, 7) is 5.80. The van der Waals surface area contributed by atoms with Crippen LogP contribution in [0.2, 0.25) is 0 Å². The van der Waals surface area contributed by atoms with Crippen molar-refractivity contribution in [3.8, 4) is 0 Å². The van der Waals surface area contributed by atoms with Crippen LogP contribution >= 0.6 is 0 Å². The van der Waals surface area contributed by atoms with Crippen molar-refractivity contribution in [2.75, 3.05) is 6.54 Å². The van der Waals surface area contributed by atoms with Gasteiger partial charge in [0.05, 0.1) is 6.54 Å². The third-order valence-electron chi connectivity index (χ3n) is 1.17. The summed E-state index contributed by atoms with van der Waals surface area (Å²) in [4.78, 5) is 10.6. The van der Waals surface area contributed by atoms with Crippen LogP contribution in [0.1, 0.15) is 19.8 Å². The normalized spacial score (nSPS) is 9.11. The van der Waals surface area contributed by atoms with Gasteiger partial charge in [-0.2, -0.15) is 0 Å². The average molecular weight is 127 g/mol. The van der Waals surface area contributed by atoms with Gasteiger partial charge in [-0.3, -0.25) is 4.79 Å². The maximum atomic E-state index is 10.6. The highest BCUT2D eigenvalue weighted by Crippen LogP contribution is 2.01. The first kappa shape index (κ1) is 8.37. The van der Waals surface area contributed by atoms with E-state index < -0.39 is 0 Å². The van der Waals surface area contributed by atoms with E-state index in [0.29, 0.717) is 6.42 Å². The summed E-state index contributed by atoms with van der Waals surface area (Å²) in [7, 11) is 0. The Balaban J connectivity index is 3.47. The Kier molecular flexibility index (Phi) is 3.97. The highest BCUT2D eigenvalue weighted by molar-refractivity contribution is 5.82. The van der Waals surface area contributed by atoms with Crippen LogP contribution in [-0.2, 0) is 4.79 Å². The van der Waals surface area contributed by atoms with Gasteiger partial charge in [0, 0.05) is 6.42 Å². The first-order chi connectivity index (χ1) is 4.20. The molecule has 0 saturated carbocycles. The Bertz CT molecular complexity index is 104. The molecule has 0 amide bonds. The van der Waals surface area contributed by atoms with Crippen LogP contribution < -0.4 is 5.73 Å². The molecule has 0 aromatic rings. The molecule has 0 aliphatic heterocycles. The molecule has 0 unspecified atom stereocenters. The molecule has 0 saturated heterocycles. The molecule has 0 aromatic carbocycles. The molecule has 2 N–H and O–H groups in total. The number of rotatable bonds is 4. The maximum absolute atomic E-state index is 10.6. The van der Waals surface area contributed by atoms with Crippen molar-refractivity contribution >= 4 is 5.78 Å². The fourth-order valence-electron chi connectivity index (χ4n) is 0.476. The molecular formula is C7H13NO. The summed E-state index contributed by atoms with van der Waals surface area (Å²) in [5.74, 6) is 0.0712. The number of carbonyl (C=O) groups excluding carboxylic acids is 1. The molecule has 2 heteroatoms. The number of allylic oxidation sites excluding steroid dienone is 1. The maximum Gasteiger partial charge on any atom is 0.150 e. The second kappa shape index (κ2) is 4.27. The SMILES string of the molecule is C=C(CC)CC(=O)CN. The van der Waals surface area contributed by atoms with Crippen LogP contribution in [0.4, 0.5) is 0 Å². The molecule has 0 spiro atoms. The summed E-state index contributed by atoms with van der Waals surface area (Å²) in [5, 5.41) is 0. The van der Waals surface area contributed by atoms with Crippen LogP contribution in [0.3, 0.4) is 0 Å². The van der Waals surface area contributed by atoms with E-state index in [0.717, 1.165) is 12.0 Å². The molecule has 9 heavy (non-hydrogen) atoms. The largest absolute Gasteiger partial charge is 0.324 e. The van der Waals surface area contributed by atoms with E-state index in [-0.39, 0.29) is 12.3 Å². The number of hydrogen-bond acceptors (Lipinski definition) is 2. The zero-order valence-corrected chi connectivity index (χ0v) is 5.81. The van der Waals surface area contributed by atoms with Crippen LogP contribution in [-0.4, -0.2) is 12.3 Å². The third kappa shape index (κ3) is 3.91. The van der Waals surface area contributed by atoms with Crippen LogP contribution in [0.5, 0.6) is 0 Å². The van der Waals surface area contributed by atoms with Crippen molar-refractivity contribution < 1.29 is 4.79 Å². The minimum Gasteiger partial charge on any atom is -0.324 e. The smallest absolute Gasteiger partial charge is 0.150 e. The number of Topliss-reactive ketones (excluding diaryl/α,β-unsaturated/α-hetero) is 1. The standard InChI is InChI=1S/C7H13NO/c1-3-6(2)4-7(9)5-8/h2-5,8H2,1H3. The zero-order valence-electron chi connectivity index (χ0n) is 5.81. The number of hydrogen-bond donors (Lipinski definition) is 1. The van der Waals surface area contributed by atoms with E-state index in [1.54, 1.807) is 0 Å². The summed E-state index contributed by atoms with van der Waals surface area (Å²) in [5.41, 5.74) is 6.05. The van der Waals surface area contributed by atoms with Crippen molar-refractivity contribution in [3.05, 3.63) is 12.2 Å². The molecule has 0 fully saturated rings. The minimum absolute atomic E-state index is 0.0712. The van der Waals surface area contributed by atoms with Crippen molar-refractivity contribution in [1.82, 2.24) is 0 Å². The van der Waals surface area contributed by atoms with Gasteiger partial charge in [0.15, 0.2) is 0 Å². The van der Waals surface area contributed by atoms with Crippen LogP contribution in [0.15, 0.2) is 12.2 Å². The fourth-order valence-corrected chi connectivity index (χ4v) is 0.476. The van der Waals surface area contributed by atoms with Crippen LogP contribution in [0, 0.1) is 0 Å². The number of carbonyl (C=O) groups is 1. The minimum atomic E-state index is 0.0712. The Morgan fingerprint density at radius 3 is 2.56 bits per heavy atom. The molecule has 0 bridgehead atoms. The predicted molar refractivity (Wildman–Crippen MR) is 38.1 cm³/mol. The van der Waals surface area contributed by atoms with Gasteiger partial charge in [-0.05, 0) is 6.42 Å². The molecule has 0 aliphatic rings. The molecule has 0 aromatic heterocycles. The van der Waals surface area contributed by atoms with Gasteiger partial charge >= 0.3 is 0 Å². The van der Waals surface area contributed by atoms with Crippen LogP contribution in [0.25, 0.3) is 0 Å². The lowest BCUT2D eigenvalue weighted by atomic mass is 10.1. The van der Waals surface area contributed by atoms with Gasteiger partial charge in [0.1, 0.15) is 5.78 Å². The van der Waals surface area contributed by atoms with E-state index in [9.17, 15) is 4.79 Å². The number of ketones is 1. The average Bonchev–Trinajstić information content (AvgIpc) is 1.87. The fraction of sp³-hybridized carbons (Fsp3) is 0.571. The third-order valence-corrected chi connectivity index (χ3v) is 1.17. The summed E-state index contributed by atoms with van der Waals surface area (Å²) in [6, 6.07) is 0. The van der Waals surface area contributed by atoms with Gasteiger partial charge in [0.25, 0.3) is 0 Å². The van der Waals surface area contributed by atoms with E-state index in [4.69, 9.17) is 5.73 Å². The zero-order chi connectivity index (χ0) is 7.28. The first-order valence-electron chi connectivity index (χ1n) is 3.09. The monoisotopic (exact) mass is 127 g/mol. The van der Waals surface area contributed by atoms with Gasteiger partial charge in [-0.1, -0.05) is 19.1 Å². The molecule has 0 atom stereocenters. The van der Waals surface area contributed by atoms with Gasteiger partial charge in [-0.15, -0.1) is 0 Å². The molecule has 2 nitrogen and oxygen atoms in total. The summed E-state index contributed by atoms with van der Waals surface area (Å²) >= 11 is 0. The van der Waals surface area contributed by atoms with Crippen molar-refractivity contribution in [2.45, 2.75) is 19.8 Å². The Morgan fingerprint density at radius 2 is 2.22 bits per heavy atom. The van der Waals surface area contributed by atoms with Gasteiger partial charge < -0.3 is 5.73 Å². The summed E-state index contributed by atoms with van der Waals surface area (Å²) in [6.07, 6.45) is 1.32. The second-order valence-corrected chi connectivity index (χ2v) is 2.02. The van der Waals surface area contributed by atoms with E-state index in [2.05, 4.69) is 6.58 Å². The summed E-state index contributed by atoms with van der Waals surface area (Å²) < 4.78 is 0. The lowest BCUT2D eigenvalue weighted by Crippen LogP contribution is -2.13. The topological polar surface area (TPSA) is 43.1 Å². The molecule has 0 heterocycles. The quantitative estimate of drug-likeness (QED) is 0.569. The Hall–Kier alpha value is -0.630. The highest BCUT2D eigenvalue weighted by Gasteiger charge is 1.98. The molecule has 0 radical (unpaired) electrons. The van der Waals surface area contributed by atoms with Crippen molar-refractivity contribution in [2.24, 2.45) is 5.73 Å². The van der Waals surface area contributed by atoms with Gasteiger partial charge in [-0.25, -0.2) is 0 Å². The van der Waals surface area contributed by atoms with Crippen molar-refractivity contribution in [3.63, 3.8) is 0 Å². The van der Waals surface area contributed by atoms with E-state index in [1.165, 1.54) is 0 Å². The van der Waals surface area contributed by atoms with E-state index in [1.807, 2.05) is 6.92 Å². The molecule has 0 aliphatic carbocycles. The molecule has 52 valence electrons. The second-order valence-electron chi connectivity index (χ2n) is 2.02. The molecule has 0 rings (SSSR count). The Morgan fingerprint density at radius 1 is 1.67 bits per heavy atom.